The molecule has 72 valence electrons. The second-order valence-electron chi connectivity index (χ2n) is 2.61. The normalized spacial score (nSPS) is 9.77. The van der Waals surface area contributed by atoms with Gasteiger partial charge in [-0.25, -0.2) is 4.98 Å². The summed E-state index contributed by atoms with van der Waals surface area (Å²) in [6.07, 6.45) is 3.52. The summed E-state index contributed by atoms with van der Waals surface area (Å²) in [7, 11) is 3.14. The van der Waals surface area contributed by atoms with Gasteiger partial charge in [0.05, 0.1) is 20.4 Å². The molecule has 0 unspecified atom stereocenters. The third-order valence-electron chi connectivity index (χ3n) is 1.66. The molecule has 0 spiro atoms. The van der Waals surface area contributed by atoms with Crippen molar-refractivity contribution in [1.82, 2.24) is 9.97 Å². The molecule has 0 saturated carbocycles. The molecular formula is C9H14N2O2. The van der Waals surface area contributed by atoms with Crippen LogP contribution in [0.3, 0.4) is 0 Å². The largest absolute Gasteiger partial charge is 0.490 e. The molecule has 0 aliphatic carbocycles. The maximum atomic E-state index is 5.05. The Morgan fingerprint density at radius 2 is 2.08 bits per heavy atom. The van der Waals surface area contributed by atoms with E-state index in [-0.39, 0.29) is 0 Å². The van der Waals surface area contributed by atoms with Crippen LogP contribution in [0.1, 0.15) is 19.2 Å². The summed E-state index contributed by atoms with van der Waals surface area (Å²) in [5, 5.41) is 0. The number of rotatable bonds is 4. The van der Waals surface area contributed by atoms with E-state index in [4.69, 9.17) is 9.47 Å². The van der Waals surface area contributed by atoms with Crippen LogP contribution in [-0.2, 0) is 6.42 Å². The summed E-state index contributed by atoms with van der Waals surface area (Å²) >= 11 is 0. The van der Waals surface area contributed by atoms with E-state index in [2.05, 4.69) is 16.9 Å². The van der Waals surface area contributed by atoms with E-state index in [1.807, 2.05) is 0 Å². The fraction of sp³-hybridized carbons (Fsp3) is 0.556. The lowest BCUT2D eigenvalue weighted by Gasteiger charge is -2.06. The van der Waals surface area contributed by atoms with Crippen LogP contribution in [0.15, 0.2) is 6.20 Å². The maximum absolute atomic E-state index is 5.05. The zero-order valence-corrected chi connectivity index (χ0v) is 8.20. The molecule has 4 heteroatoms. The van der Waals surface area contributed by atoms with Crippen LogP contribution >= 0.6 is 0 Å². The van der Waals surface area contributed by atoms with Crippen LogP contribution in [0.25, 0.3) is 0 Å². The van der Waals surface area contributed by atoms with Crippen molar-refractivity contribution in [2.75, 3.05) is 14.2 Å². The van der Waals surface area contributed by atoms with Crippen LogP contribution in [0.2, 0.25) is 0 Å². The van der Waals surface area contributed by atoms with Gasteiger partial charge in [-0.3, -0.25) is 0 Å². The summed E-state index contributed by atoms with van der Waals surface area (Å²) in [4.78, 5) is 8.33. The first-order valence-corrected chi connectivity index (χ1v) is 4.25. The minimum Gasteiger partial charge on any atom is -0.490 e. The highest BCUT2D eigenvalue weighted by Gasteiger charge is 2.06. The van der Waals surface area contributed by atoms with Crippen molar-refractivity contribution in [3.05, 3.63) is 12.0 Å². The zero-order chi connectivity index (χ0) is 9.68. The number of hydrogen-bond donors (Lipinski definition) is 0. The Balaban J connectivity index is 2.91. The van der Waals surface area contributed by atoms with Gasteiger partial charge < -0.3 is 9.47 Å². The molecule has 1 aromatic rings. The maximum Gasteiger partial charge on any atom is 0.260 e. The molecule has 0 aromatic carbocycles. The first-order chi connectivity index (χ1) is 6.31. The highest BCUT2D eigenvalue weighted by molar-refractivity contribution is 5.30. The number of aromatic nitrogens is 2. The number of nitrogens with zero attached hydrogens (tertiary/aromatic N) is 2. The predicted octanol–water partition coefficient (Wildman–Crippen LogP) is 1.45. The van der Waals surface area contributed by atoms with Crippen molar-refractivity contribution in [1.29, 1.82) is 0 Å². The van der Waals surface area contributed by atoms with Gasteiger partial charge >= 0.3 is 0 Å². The number of aryl methyl sites for hydroxylation is 1. The smallest absolute Gasteiger partial charge is 0.260 e. The Kier molecular flexibility index (Phi) is 3.49. The summed E-state index contributed by atoms with van der Waals surface area (Å²) in [6, 6.07) is 0. The molecule has 0 aliphatic heterocycles. The third-order valence-corrected chi connectivity index (χ3v) is 1.66. The van der Waals surface area contributed by atoms with Crippen LogP contribution in [-0.4, -0.2) is 24.2 Å². The molecule has 1 heterocycles. The Labute approximate surface area is 77.9 Å². The fourth-order valence-electron chi connectivity index (χ4n) is 1.02. The molecule has 0 atom stereocenters. The van der Waals surface area contributed by atoms with Crippen molar-refractivity contribution >= 4 is 0 Å². The monoisotopic (exact) mass is 182 g/mol. The van der Waals surface area contributed by atoms with Crippen molar-refractivity contribution in [3.63, 3.8) is 0 Å². The second kappa shape index (κ2) is 4.64. The Morgan fingerprint density at radius 1 is 1.31 bits per heavy atom. The van der Waals surface area contributed by atoms with E-state index in [0.717, 1.165) is 18.7 Å². The van der Waals surface area contributed by atoms with Crippen LogP contribution < -0.4 is 9.47 Å². The van der Waals surface area contributed by atoms with Gasteiger partial charge in [0.2, 0.25) is 0 Å². The lowest BCUT2D eigenvalue weighted by Crippen LogP contribution is -1.99. The van der Waals surface area contributed by atoms with Gasteiger partial charge in [-0.15, -0.1) is 0 Å². The molecule has 13 heavy (non-hydrogen) atoms. The lowest BCUT2D eigenvalue weighted by atomic mass is 10.3. The topological polar surface area (TPSA) is 44.2 Å². The van der Waals surface area contributed by atoms with Gasteiger partial charge in [0, 0.05) is 6.42 Å². The van der Waals surface area contributed by atoms with E-state index >= 15 is 0 Å². The molecule has 0 bridgehead atoms. The summed E-state index contributed by atoms with van der Waals surface area (Å²) in [5.41, 5.74) is 0. The Morgan fingerprint density at radius 3 is 2.62 bits per heavy atom. The predicted molar refractivity (Wildman–Crippen MR) is 49.1 cm³/mol. The highest BCUT2D eigenvalue weighted by Crippen LogP contribution is 2.22. The van der Waals surface area contributed by atoms with Crippen molar-refractivity contribution in [3.8, 4) is 11.6 Å². The van der Waals surface area contributed by atoms with Gasteiger partial charge in [-0.05, 0) is 6.42 Å². The summed E-state index contributed by atoms with van der Waals surface area (Å²) in [6.45, 7) is 2.08. The van der Waals surface area contributed by atoms with Gasteiger partial charge in [-0.2, -0.15) is 4.98 Å². The van der Waals surface area contributed by atoms with Crippen molar-refractivity contribution in [2.45, 2.75) is 19.8 Å². The molecule has 0 aliphatic rings. The molecule has 4 nitrogen and oxygen atoms in total. The lowest BCUT2D eigenvalue weighted by molar-refractivity contribution is 0.339. The number of ether oxygens (including phenoxy) is 2. The standard InChI is InChI=1S/C9H14N2O2/c1-4-5-8-10-6-7(12-2)9(11-8)13-3/h6H,4-5H2,1-3H3. The molecule has 0 N–H and O–H groups in total. The average molecular weight is 182 g/mol. The average Bonchev–Trinajstić information content (AvgIpc) is 2.18. The summed E-state index contributed by atoms with van der Waals surface area (Å²) in [5.74, 6) is 1.86. The first-order valence-electron chi connectivity index (χ1n) is 4.25. The minimum atomic E-state index is 0.501. The van der Waals surface area contributed by atoms with Crippen molar-refractivity contribution in [2.24, 2.45) is 0 Å². The van der Waals surface area contributed by atoms with Gasteiger partial charge in [-0.1, -0.05) is 6.92 Å². The SMILES string of the molecule is CCCc1ncc(OC)c(OC)n1. The van der Waals surface area contributed by atoms with E-state index in [9.17, 15) is 0 Å². The fourth-order valence-corrected chi connectivity index (χ4v) is 1.02. The first kappa shape index (κ1) is 9.77. The Hall–Kier alpha value is -1.32. The van der Waals surface area contributed by atoms with E-state index in [1.54, 1.807) is 20.4 Å². The minimum absolute atomic E-state index is 0.501. The quantitative estimate of drug-likeness (QED) is 0.706. The molecule has 1 aromatic heterocycles. The number of methoxy groups -OCH3 is 2. The molecule has 0 radical (unpaired) electrons. The van der Waals surface area contributed by atoms with Gasteiger partial charge in [0.15, 0.2) is 5.75 Å². The van der Waals surface area contributed by atoms with Crippen LogP contribution in [0.5, 0.6) is 11.6 Å². The Bertz CT molecular complexity index is 276. The molecule has 0 saturated heterocycles. The second-order valence-corrected chi connectivity index (χ2v) is 2.61. The molecule has 0 amide bonds. The van der Waals surface area contributed by atoms with Crippen LogP contribution in [0, 0.1) is 0 Å². The summed E-state index contributed by atoms with van der Waals surface area (Å²) < 4.78 is 10.1. The van der Waals surface area contributed by atoms with Crippen LogP contribution in [0.4, 0.5) is 0 Å². The van der Waals surface area contributed by atoms with E-state index in [1.165, 1.54) is 0 Å². The molecular weight excluding hydrogens is 168 g/mol. The molecule has 0 fully saturated rings. The van der Waals surface area contributed by atoms with E-state index < -0.39 is 0 Å². The molecule has 1 rings (SSSR count). The zero-order valence-electron chi connectivity index (χ0n) is 8.20. The van der Waals surface area contributed by atoms with Crippen molar-refractivity contribution < 1.29 is 9.47 Å². The number of hydrogen-bond acceptors (Lipinski definition) is 4. The third kappa shape index (κ3) is 2.31. The van der Waals surface area contributed by atoms with Gasteiger partial charge in [0.25, 0.3) is 5.88 Å². The van der Waals surface area contributed by atoms with E-state index in [0.29, 0.717) is 11.6 Å². The highest BCUT2D eigenvalue weighted by atomic mass is 16.5. The van der Waals surface area contributed by atoms with Gasteiger partial charge in [0.1, 0.15) is 5.82 Å².